The quantitative estimate of drug-likeness (QED) is 0.688. The van der Waals surface area contributed by atoms with Gasteiger partial charge >= 0.3 is 5.97 Å². The average Bonchev–Trinajstić information content (AvgIpc) is 2.54. The SMILES string of the molecule is CCC(C)c1ccc(C(=O)OC(C)(C)c2ccc(F)cc2)cc1. The molecule has 0 bridgehead atoms. The molecule has 0 aliphatic rings. The molecular formula is C20H23FO2. The molecule has 0 radical (unpaired) electrons. The van der Waals surface area contributed by atoms with Crippen molar-refractivity contribution in [2.75, 3.05) is 0 Å². The second-order valence-corrected chi connectivity index (χ2v) is 6.34. The Hall–Kier alpha value is -2.16. The highest BCUT2D eigenvalue weighted by Gasteiger charge is 2.26. The van der Waals surface area contributed by atoms with Crippen molar-refractivity contribution in [1.82, 2.24) is 0 Å². The number of carbonyl (C=O) groups is 1. The number of hydrogen-bond acceptors (Lipinski definition) is 2. The minimum atomic E-state index is -0.819. The Labute approximate surface area is 137 Å². The van der Waals surface area contributed by atoms with Crippen molar-refractivity contribution < 1.29 is 13.9 Å². The van der Waals surface area contributed by atoms with E-state index in [-0.39, 0.29) is 11.8 Å². The van der Waals surface area contributed by atoms with E-state index in [0.29, 0.717) is 11.5 Å². The van der Waals surface area contributed by atoms with Crippen molar-refractivity contribution >= 4 is 5.97 Å². The summed E-state index contributed by atoms with van der Waals surface area (Å²) in [6.07, 6.45) is 1.06. The molecule has 0 aliphatic heterocycles. The molecule has 0 spiro atoms. The highest BCUT2D eigenvalue weighted by Crippen LogP contribution is 2.27. The maximum absolute atomic E-state index is 13.0. The van der Waals surface area contributed by atoms with Crippen LogP contribution in [0.2, 0.25) is 0 Å². The van der Waals surface area contributed by atoms with Crippen LogP contribution in [0.1, 0.15) is 61.5 Å². The Morgan fingerprint density at radius 2 is 1.65 bits per heavy atom. The van der Waals surface area contributed by atoms with Gasteiger partial charge in [-0.2, -0.15) is 0 Å². The largest absolute Gasteiger partial charge is 0.451 e. The van der Waals surface area contributed by atoms with Crippen LogP contribution >= 0.6 is 0 Å². The Morgan fingerprint density at radius 1 is 1.09 bits per heavy atom. The second kappa shape index (κ2) is 6.95. The first kappa shape index (κ1) is 17.2. The van der Waals surface area contributed by atoms with Crippen LogP contribution < -0.4 is 0 Å². The zero-order valence-electron chi connectivity index (χ0n) is 14.1. The fourth-order valence-electron chi connectivity index (χ4n) is 2.38. The molecule has 3 heteroatoms. The van der Waals surface area contributed by atoms with Crippen molar-refractivity contribution in [1.29, 1.82) is 0 Å². The molecular weight excluding hydrogens is 291 g/mol. The third-order valence-electron chi connectivity index (χ3n) is 4.22. The molecule has 0 aromatic heterocycles. The van der Waals surface area contributed by atoms with E-state index in [4.69, 9.17) is 4.74 Å². The monoisotopic (exact) mass is 314 g/mol. The van der Waals surface area contributed by atoms with Gasteiger partial charge in [-0.3, -0.25) is 0 Å². The van der Waals surface area contributed by atoms with Gasteiger partial charge < -0.3 is 4.74 Å². The average molecular weight is 314 g/mol. The fraction of sp³-hybridized carbons (Fsp3) is 0.350. The summed E-state index contributed by atoms with van der Waals surface area (Å²) in [7, 11) is 0. The van der Waals surface area contributed by atoms with E-state index in [1.807, 2.05) is 12.1 Å². The first-order valence-electron chi connectivity index (χ1n) is 7.93. The molecule has 0 fully saturated rings. The van der Waals surface area contributed by atoms with E-state index >= 15 is 0 Å². The van der Waals surface area contributed by atoms with Gasteiger partial charge in [0.2, 0.25) is 0 Å². The molecule has 0 saturated heterocycles. The van der Waals surface area contributed by atoms with Gasteiger partial charge in [0.15, 0.2) is 0 Å². The summed E-state index contributed by atoms with van der Waals surface area (Å²) in [4.78, 5) is 12.4. The van der Waals surface area contributed by atoms with Crippen molar-refractivity contribution in [2.24, 2.45) is 0 Å². The smallest absolute Gasteiger partial charge is 0.338 e. The van der Waals surface area contributed by atoms with Crippen molar-refractivity contribution in [3.05, 3.63) is 71.0 Å². The second-order valence-electron chi connectivity index (χ2n) is 6.34. The number of carbonyl (C=O) groups excluding carboxylic acids is 1. The third-order valence-corrected chi connectivity index (χ3v) is 4.22. The van der Waals surface area contributed by atoms with Crippen LogP contribution in [-0.2, 0) is 10.3 Å². The molecule has 2 aromatic rings. The number of benzene rings is 2. The first-order valence-corrected chi connectivity index (χ1v) is 7.93. The molecule has 0 heterocycles. The molecule has 23 heavy (non-hydrogen) atoms. The van der Waals surface area contributed by atoms with Gasteiger partial charge in [-0.15, -0.1) is 0 Å². The van der Waals surface area contributed by atoms with E-state index in [9.17, 15) is 9.18 Å². The summed E-state index contributed by atoms with van der Waals surface area (Å²) >= 11 is 0. The zero-order chi connectivity index (χ0) is 17.0. The minimum absolute atomic E-state index is 0.309. The Bertz CT molecular complexity index is 657. The molecule has 1 unspecified atom stereocenters. The summed E-state index contributed by atoms with van der Waals surface area (Å²) in [5.74, 6) is -0.220. The molecule has 2 rings (SSSR count). The third kappa shape index (κ3) is 4.19. The van der Waals surface area contributed by atoms with Crippen LogP contribution in [0.15, 0.2) is 48.5 Å². The lowest BCUT2D eigenvalue weighted by Gasteiger charge is -2.25. The topological polar surface area (TPSA) is 26.3 Å². The maximum atomic E-state index is 13.0. The molecule has 2 aromatic carbocycles. The van der Waals surface area contributed by atoms with Crippen molar-refractivity contribution in [2.45, 2.75) is 45.6 Å². The van der Waals surface area contributed by atoms with E-state index in [1.54, 1.807) is 38.1 Å². The highest BCUT2D eigenvalue weighted by molar-refractivity contribution is 5.89. The van der Waals surface area contributed by atoms with Gasteiger partial charge in [-0.1, -0.05) is 38.1 Å². The molecule has 122 valence electrons. The maximum Gasteiger partial charge on any atom is 0.338 e. The fourth-order valence-corrected chi connectivity index (χ4v) is 2.38. The molecule has 0 saturated carbocycles. The number of esters is 1. The minimum Gasteiger partial charge on any atom is -0.451 e. The lowest BCUT2D eigenvalue weighted by molar-refractivity contribution is -0.00314. The molecule has 2 nitrogen and oxygen atoms in total. The van der Waals surface area contributed by atoms with E-state index in [0.717, 1.165) is 12.0 Å². The summed E-state index contributed by atoms with van der Waals surface area (Å²) < 4.78 is 18.6. The molecule has 1 atom stereocenters. The van der Waals surface area contributed by atoms with Gasteiger partial charge in [0.25, 0.3) is 0 Å². The van der Waals surface area contributed by atoms with Gasteiger partial charge in [0.1, 0.15) is 11.4 Å². The summed E-state index contributed by atoms with van der Waals surface area (Å²) in [5.41, 5.74) is 1.66. The van der Waals surface area contributed by atoms with E-state index < -0.39 is 5.60 Å². The van der Waals surface area contributed by atoms with Crippen LogP contribution in [0.5, 0.6) is 0 Å². The highest BCUT2D eigenvalue weighted by atomic mass is 19.1. The number of halogens is 1. The van der Waals surface area contributed by atoms with E-state index in [1.165, 1.54) is 17.7 Å². The van der Waals surface area contributed by atoms with Gasteiger partial charge in [-0.05, 0) is 61.6 Å². The molecule has 0 aliphatic carbocycles. The normalized spacial score (nSPS) is 12.7. The summed E-state index contributed by atoms with van der Waals surface area (Å²) in [5, 5.41) is 0. The van der Waals surface area contributed by atoms with Crippen LogP contribution in [0, 0.1) is 5.82 Å². The van der Waals surface area contributed by atoms with Crippen molar-refractivity contribution in [3.63, 3.8) is 0 Å². The Morgan fingerprint density at radius 3 is 2.17 bits per heavy atom. The van der Waals surface area contributed by atoms with Crippen LogP contribution in [-0.4, -0.2) is 5.97 Å². The van der Waals surface area contributed by atoms with Crippen molar-refractivity contribution in [3.8, 4) is 0 Å². The summed E-state index contributed by atoms with van der Waals surface area (Å²) in [6, 6.07) is 13.5. The lowest BCUT2D eigenvalue weighted by Crippen LogP contribution is -2.25. The Balaban J connectivity index is 2.12. The van der Waals surface area contributed by atoms with Gasteiger partial charge in [0, 0.05) is 0 Å². The molecule has 0 amide bonds. The predicted octanol–water partition coefficient (Wildman–Crippen LogP) is 5.43. The first-order chi connectivity index (χ1) is 10.8. The number of rotatable bonds is 5. The summed E-state index contributed by atoms with van der Waals surface area (Å²) in [6.45, 7) is 7.89. The van der Waals surface area contributed by atoms with Gasteiger partial charge in [0.05, 0.1) is 5.56 Å². The van der Waals surface area contributed by atoms with E-state index in [2.05, 4.69) is 13.8 Å². The molecule has 0 N–H and O–H groups in total. The Kier molecular flexibility index (Phi) is 5.19. The lowest BCUT2D eigenvalue weighted by atomic mass is 9.97. The van der Waals surface area contributed by atoms with Crippen LogP contribution in [0.25, 0.3) is 0 Å². The van der Waals surface area contributed by atoms with Crippen LogP contribution in [0.3, 0.4) is 0 Å². The number of hydrogen-bond donors (Lipinski definition) is 0. The zero-order valence-corrected chi connectivity index (χ0v) is 14.1. The predicted molar refractivity (Wildman–Crippen MR) is 90.0 cm³/mol. The van der Waals surface area contributed by atoms with Crippen LogP contribution in [0.4, 0.5) is 4.39 Å². The number of ether oxygens (including phenoxy) is 1. The van der Waals surface area contributed by atoms with Gasteiger partial charge in [-0.25, -0.2) is 9.18 Å². The standard InChI is InChI=1S/C20H23FO2/c1-5-14(2)15-6-8-16(9-7-15)19(22)23-20(3,4)17-10-12-18(21)13-11-17/h6-14H,5H2,1-4H3.